The van der Waals surface area contributed by atoms with Crippen molar-refractivity contribution >= 4 is 11.0 Å². The number of imidazole rings is 1. The fourth-order valence-corrected chi connectivity index (χ4v) is 1.84. The van der Waals surface area contributed by atoms with Crippen LogP contribution < -0.4 is 11.0 Å². The summed E-state index contributed by atoms with van der Waals surface area (Å²) in [5.41, 5.74) is 2.50. The first-order valence-corrected chi connectivity index (χ1v) is 5.95. The van der Waals surface area contributed by atoms with Crippen molar-refractivity contribution in [3.8, 4) is 6.07 Å². The van der Waals surface area contributed by atoms with Gasteiger partial charge in [-0.2, -0.15) is 5.26 Å². The van der Waals surface area contributed by atoms with Crippen molar-refractivity contribution in [2.45, 2.75) is 19.9 Å². The first-order valence-electron chi connectivity index (χ1n) is 5.95. The summed E-state index contributed by atoms with van der Waals surface area (Å²) >= 11 is 0. The highest BCUT2D eigenvalue weighted by Crippen LogP contribution is 2.17. The van der Waals surface area contributed by atoms with Gasteiger partial charge in [0.05, 0.1) is 23.0 Å². The zero-order valence-electron chi connectivity index (χ0n) is 10.4. The summed E-state index contributed by atoms with van der Waals surface area (Å²) < 4.78 is 0. The SMILES string of the molecule is CC(C#N)CNC(C)c1ccc2[nH]c(=O)[nH]c2c1. The molecule has 0 spiro atoms. The van der Waals surface area contributed by atoms with E-state index in [-0.39, 0.29) is 17.6 Å². The molecule has 2 atom stereocenters. The number of nitrogens with one attached hydrogen (secondary N) is 3. The predicted molar refractivity (Wildman–Crippen MR) is 70.1 cm³/mol. The van der Waals surface area contributed by atoms with Gasteiger partial charge in [-0.25, -0.2) is 4.79 Å². The summed E-state index contributed by atoms with van der Waals surface area (Å²) in [7, 11) is 0. The van der Waals surface area contributed by atoms with E-state index in [0.717, 1.165) is 16.6 Å². The maximum atomic E-state index is 11.2. The quantitative estimate of drug-likeness (QED) is 0.764. The Morgan fingerprint density at radius 1 is 1.33 bits per heavy atom. The van der Waals surface area contributed by atoms with Crippen LogP contribution >= 0.6 is 0 Å². The molecule has 5 nitrogen and oxygen atoms in total. The molecule has 2 rings (SSSR count). The van der Waals surface area contributed by atoms with Gasteiger partial charge in [-0.05, 0) is 31.5 Å². The predicted octanol–water partition coefficient (Wildman–Crippen LogP) is 1.67. The number of H-pyrrole nitrogens is 2. The number of aromatic nitrogens is 2. The van der Waals surface area contributed by atoms with E-state index in [4.69, 9.17) is 5.26 Å². The van der Waals surface area contributed by atoms with E-state index in [1.54, 1.807) is 0 Å². The standard InChI is InChI=1S/C13H16N4O/c1-8(6-14)7-15-9(2)10-3-4-11-12(5-10)17-13(18)16-11/h3-5,8-9,15H,7H2,1-2H3,(H2,16,17,18). The fraction of sp³-hybridized carbons (Fsp3) is 0.385. The summed E-state index contributed by atoms with van der Waals surface area (Å²) in [6, 6.07) is 8.13. The van der Waals surface area contributed by atoms with E-state index in [1.807, 2.05) is 32.0 Å². The largest absolute Gasteiger partial charge is 0.323 e. The zero-order valence-corrected chi connectivity index (χ0v) is 10.4. The van der Waals surface area contributed by atoms with E-state index in [2.05, 4.69) is 21.4 Å². The molecule has 1 aromatic heterocycles. The zero-order chi connectivity index (χ0) is 13.1. The summed E-state index contributed by atoms with van der Waals surface area (Å²) in [4.78, 5) is 16.6. The van der Waals surface area contributed by atoms with Gasteiger partial charge in [0.1, 0.15) is 0 Å². The molecule has 0 saturated heterocycles. The van der Waals surface area contributed by atoms with Crippen LogP contribution in [-0.2, 0) is 0 Å². The molecule has 3 N–H and O–H groups in total. The van der Waals surface area contributed by atoms with Crippen LogP contribution in [0, 0.1) is 17.2 Å². The number of rotatable bonds is 4. The maximum Gasteiger partial charge on any atom is 0.323 e. The topological polar surface area (TPSA) is 84.5 Å². The van der Waals surface area contributed by atoms with Crippen molar-refractivity contribution in [2.75, 3.05) is 6.54 Å². The van der Waals surface area contributed by atoms with Gasteiger partial charge in [-0.3, -0.25) is 0 Å². The molecule has 0 aliphatic rings. The van der Waals surface area contributed by atoms with Crippen LogP contribution in [0.4, 0.5) is 0 Å². The lowest BCUT2D eigenvalue weighted by atomic mass is 10.1. The minimum Gasteiger partial charge on any atom is -0.309 e. The third-order valence-electron chi connectivity index (χ3n) is 2.99. The number of fused-ring (bicyclic) bond motifs is 1. The number of benzene rings is 1. The first kappa shape index (κ1) is 12.4. The van der Waals surface area contributed by atoms with Gasteiger partial charge >= 0.3 is 5.69 Å². The molecule has 0 radical (unpaired) electrons. The van der Waals surface area contributed by atoms with Crippen LogP contribution in [0.5, 0.6) is 0 Å². The molecule has 0 aliphatic heterocycles. The normalized spacial score (nSPS) is 14.3. The highest BCUT2D eigenvalue weighted by Gasteiger charge is 2.08. The molecule has 0 amide bonds. The van der Waals surface area contributed by atoms with E-state index in [0.29, 0.717) is 6.54 Å². The third kappa shape index (κ3) is 2.60. The summed E-state index contributed by atoms with van der Waals surface area (Å²) in [6.45, 7) is 4.57. The molecule has 0 fully saturated rings. The van der Waals surface area contributed by atoms with E-state index in [1.165, 1.54) is 0 Å². The highest BCUT2D eigenvalue weighted by atomic mass is 16.1. The highest BCUT2D eigenvalue weighted by molar-refractivity contribution is 5.75. The summed E-state index contributed by atoms with van der Waals surface area (Å²) in [5.74, 6) is -0.0109. The molecule has 2 aromatic rings. The molecule has 0 aliphatic carbocycles. The van der Waals surface area contributed by atoms with Crippen LogP contribution in [0.2, 0.25) is 0 Å². The second kappa shape index (κ2) is 5.07. The lowest BCUT2D eigenvalue weighted by Crippen LogP contribution is -2.23. The van der Waals surface area contributed by atoms with Gasteiger partial charge in [-0.1, -0.05) is 6.07 Å². The van der Waals surface area contributed by atoms with Crippen molar-refractivity contribution in [3.63, 3.8) is 0 Å². The average molecular weight is 244 g/mol. The van der Waals surface area contributed by atoms with Gasteiger partial charge < -0.3 is 15.3 Å². The Labute approximate surface area is 105 Å². The molecule has 1 aromatic carbocycles. The number of hydrogen-bond acceptors (Lipinski definition) is 3. The molecule has 2 unspecified atom stereocenters. The minimum atomic E-state index is -0.194. The summed E-state index contributed by atoms with van der Waals surface area (Å²) in [6.07, 6.45) is 0. The number of nitriles is 1. The number of aromatic amines is 2. The molecule has 0 bridgehead atoms. The lowest BCUT2D eigenvalue weighted by molar-refractivity contribution is 0.528. The average Bonchev–Trinajstić information content (AvgIpc) is 2.74. The van der Waals surface area contributed by atoms with E-state index < -0.39 is 0 Å². The smallest absolute Gasteiger partial charge is 0.309 e. The minimum absolute atomic E-state index is 0.0109. The molecule has 1 heterocycles. The Balaban J connectivity index is 2.15. The van der Waals surface area contributed by atoms with Gasteiger partial charge in [0.2, 0.25) is 0 Å². The Hall–Kier alpha value is -2.06. The van der Waals surface area contributed by atoms with Crippen LogP contribution in [0.15, 0.2) is 23.0 Å². The fourth-order valence-electron chi connectivity index (χ4n) is 1.84. The number of hydrogen-bond donors (Lipinski definition) is 3. The van der Waals surface area contributed by atoms with Crippen LogP contribution in [-0.4, -0.2) is 16.5 Å². The van der Waals surface area contributed by atoms with Gasteiger partial charge in [0, 0.05) is 12.6 Å². The Morgan fingerprint density at radius 2 is 2.06 bits per heavy atom. The second-order valence-corrected chi connectivity index (χ2v) is 4.54. The van der Waals surface area contributed by atoms with Gasteiger partial charge in [0.15, 0.2) is 0 Å². The molecule has 5 heteroatoms. The molecule has 18 heavy (non-hydrogen) atoms. The van der Waals surface area contributed by atoms with Crippen LogP contribution in [0.3, 0.4) is 0 Å². The molecular formula is C13H16N4O. The monoisotopic (exact) mass is 244 g/mol. The molecule has 0 saturated carbocycles. The Kier molecular flexibility index (Phi) is 3.49. The third-order valence-corrected chi connectivity index (χ3v) is 2.99. The van der Waals surface area contributed by atoms with Crippen molar-refractivity contribution in [3.05, 3.63) is 34.2 Å². The second-order valence-electron chi connectivity index (χ2n) is 4.54. The van der Waals surface area contributed by atoms with Gasteiger partial charge in [0.25, 0.3) is 0 Å². The summed E-state index contributed by atoms with van der Waals surface area (Å²) in [5, 5.41) is 12.0. The van der Waals surface area contributed by atoms with Crippen molar-refractivity contribution < 1.29 is 0 Å². The van der Waals surface area contributed by atoms with E-state index in [9.17, 15) is 4.79 Å². The Bertz CT molecular complexity index is 634. The number of nitrogens with zero attached hydrogens (tertiary/aromatic N) is 1. The van der Waals surface area contributed by atoms with Crippen LogP contribution in [0.1, 0.15) is 25.5 Å². The van der Waals surface area contributed by atoms with Crippen molar-refractivity contribution in [1.29, 1.82) is 5.26 Å². The Morgan fingerprint density at radius 3 is 2.78 bits per heavy atom. The van der Waals surface area contributed by atoms with Crippen molar-refractivity contribution in [1.82, 2.24) is 15.3 Å². The lowest BCUT2D eigenvalue weighted by Gasteiger charge is -2.15. The van der Waals surface area contributed by atoms with Crippen LogP contribution in [0.25, 0.3) is 11.0 Å². The van der Waals surface area contributed by atoms with E-state index >= 15 is 0 Å². The van der Waals surface area contributed by atoms with Crippen molar-refractivity contribution in [2.24, 2.45) is 5.92 Å². The molecule has 94 valence electrons. The maximum absolute atomic E-state index is 11.2. The van der Waals surface area contributed by atoms with Gasteiger partial charge in [-0.15, -0.1) is 0 Å². The molecular weight excluding hydrogens is 228 g/mol. The first-order chi connectivity index (χ1) is 8.60.